The molecule has 5 rings (SSSR count). The maximum atomic E-state index is 3.78. The Hall–Kier alpha value is -4.46. The highest BCUT2D eigenvalue weighted by Gasteiger charge is 1.61. The molecule has 0 atom stereocenters. The summed E-state index contributed by atoms with van der Waals surface area (Å²) in [5.41, 5.74) is 0. The molecule has 0 radical (unpaired) electrons. The van der Waals surface area contributed by atoms with Crippen molar-refractivity contribution in [1.29, 1.82) is 0 Å². The summed E-state index contributed by atoms with van der Waals surface area (Å²) in [5.74, 6) is 0. The Balaban J connectivity index is 0.000000187. The maximum Gasteiger partial charge on any atom is 0.119 e. The van der Waals surface area contributed by atoms with Crippen molar-refractivity contribution < 1.29 is 0 Å². The Morgan fingerprint density at radius 2 is 0.567 bits per heavy atom. The lowest BCUT2D eigenvalue weighted by Gasteiger charge is -1.70. The van der Waals surface area contributed by atoms with E-state index in [4.69, 9.17) is 0 Å². The zero-order valence-electron chi connectivity index (χ0n) is 16.3. The quantitative estimate of drug-likeness (QED) is 0.390. The molecule has 8 nitrogen and oxygen atoms in total. The molecule has 0 saturated heterocycles. The highest BCUT2D eigenvalue weighted by Crippen LogP contribution is 1.80. The van der Waals surface area contributed by atoms with Crippen molar-refractivity contribution in [3.05, 3.63) is 135 Å². The van der Waals surface area contributed by atoms with E-state index in [1.807, 2.05) is 66.7 Å². The highest BCUT2D eigenvalue weighted by molar-refractivity contribution is 4.99. The first-order valence-corrected chi connectivity index (χ1v) is 8.81. The fourth-order valence-corrected chi connectivity index (χ4v) is 1.41. The molecule has 0 unspecified atom stereocenters. The third-order valence-corrected chi connectivity index (χ3v) is 2.59. The van der Waals surface area contributed by atoms with Crippen molar-refractivity contribution in [3.8, 4) is 0 Å². The van der Waals surface area contributed by atoms with Gasteiger partial charge in [0.25, 0.3) is 0 Å². The molecule has 30 heavy (non-hydrogen) atoms. The van der Waals surface area contributed by atoms with Crippen LogP contribution >= 0.6 is 0 Å². The van der Waals surface area contributed by atoms with Crippen LogP contribution in [0.1, 0.15) is 0 Å². The average Bonchev–Trinajstić information content (AvgIpc) is 2.91. The summed E-state index contributed by atoms with van der Waals surface area (Å²) in [5, 5.41) is 7.07. The lowest BCUT2D eigenvalue weighted by atomic mass is 10.4. The van der Waals surface area contributed by atoms with E-state index >= 15 is 0 Å². The summed E-state index contributed by atoms with van der Waals surface area (Å²) in [6.07, 6.45) is 16.0. The average molecular weight is 398 g/mol. The minimum absolute atomic E-state index is 1.44. The minimum Gasteiger partial charge on any atom is -0.265 e. The van der Waals surface area contributed by atoms with Crippen molar-refractivity contribution in [2.45, 2.75) is 0 Å². The van der Waals surface area contributed by atoms with Crippen molar-refractivity contribution in [1.82, 2.24) is 40.1 Å². The van der Waals surface area contributed by atoms with E-state index in [0.29, 0.717) is 0 Å². The van der Waals surface area contributed by atoms with E-state index in [1.165, 1.54) is 25.3 Å². The van der Waals surface area contributed by atoms with Gasteiger partial charge in [-0.1, -0.05) is 42.5 Å². The summed E-state index contributed by atoms with van der Waals surface area (Å²) in [7, 11) is 0. The van der Waals surface area contributed by atoms with E-state index < -0.39 is 0 Å². The van der Waals surface area contributed by atoms with Crippen molar-refractivity contribution in [3.63, 3.8) is 0 Å². The molecule has 0 fully saturated rings. The minimum atomic E-state index is 1.44. The first kappa shape index (κ1) is 23.6. The van der Waals surface area contributed by atoms with E-state index in [0.717, 1.165) is 0 Å². The first-order valence-electron chi connectivity index (χ1n) is 8.81. The number of hydrogen-bond acceptors (Lipinski definition) is 8. The van der Waals surface area contributed by atoms with Crippen LogP contribution in [0.3, 0.4) is 0 Å². The Labute approximate surface area is 175 Å². The number of rotatable bonds is 0. The fourth-order valence-electron chi connectivity index (χ4n) is 1.41. The van der Waals surface area contributed by atoms with E-state index in [9.17, 15) is 0 Å². The van der Waals surface area contributed by atoms with Crippen LogP contribution in [0.5, 0.6) is 0 Å². The number of pyridine rings is 1. The molecule has 0 aliphatic heterocycles. The van der Waals surface area contributed by atoms with Gasteiger partial charge in [0.05, 0.1) is 0 Å². The molecule has 0 N–H and O–H groups in total. The molecular weight excluding hydrogens is 376 g/mol. The first-order chi connectivity index (χ1) is 15.0. The molecule has 4 aromatic heterocycles. The van der Waals surface area contributed by atoms with E-state index in [2.05, 4.69) is 40.1 Å². The van der Waals surface area contributed by atoms with Crippen molar-refractivity contribution >= 4 is 0 Å². The molecule has 5 aromatic rings. The molecule has 0 saturated carbocycles. The number of nitrogens with zero attached hydrogens (tertiary/aromatic N) is 8. The van der Waals surface area contributed by atoms with Crippen LogP contribution in [0.2, 0.25) is 0 Å². The Kier molecular flexibility index (Phi) is 16.4. The molecule has 1 aromatic carbocycles. The molecule has 0 aliphatic rings. The number of hydrogen-bond donors (Lipinski definition) is 0. The monoisotopic (exact) mass is 398 g/mol. The van der Waals surface area contributed by atoms with Crippen LogP contribution < -0.4 is 0 Å². The summed E-state index contributed by atoms with van der Waals surface area (Å²) in [6.45, 7) is 0. The zero-order chi connectivity index (χ0) is 21.2. The molecule has 8 heteroatoms. The van der Waals surface area contributed by atoms with E-state index in [1.54, 1.807) is 43.2 Å². The van der Waals surface area contributed by atoms with Crippen LogP contribution in [0.25, 0.3) is 0 Å². The van der Waals surface area contributed by atoms with Crippen LogP contribution in [-0.4, -0.2) is 40.1 Å². The molecule has 0 aliphatic carbocycles. The molecule has 0 bridgehead atoms. The Morgan fingerprint density at radius 1 is 0.233 bits per heavy atom. The predicted molar refractivity (Wildman–Crippen MR) is 115 cm³/mol. The lowest BCUT2D eigenvalue weighted by molar-refractivity contribution is 1.03. The standard InChI is InChI=1S/C6H6.C5H5N.2C4H4N2.C3H3N3/c2*1-2-4-6-5-3-1;1-2-5-4-6-3-1;1-2-4-6-5-3-1;1-4-2-6-3-5-1/h1-6H;1-5H;2*1-4H;1-3H. The highest BCUT2D eigenvalue weighted by atomic mass is 15.1. The van der Waals surface area contributed by atoms with Crippen LogP contribution in [0.15, 0.2) is 135 Å². The second-order valence-corrected chi connectivity index (χ2v) is 4.79. The van der Waals surface area contributed by atoms with Crippen molar-refractivity contribution in [2.24, 2.45) is 0 Å². The van der Waals surface area contributed by atoms with Gasteiger partial charge in [-0.3, -0.25) is 4.98 Å². The molecule has 4 heterocycles. The SMILES string of the molecule is c1ccccc1.c1ccncc1.c1ccnnc1.c1cncnc1.c1ncncn1. The predicted octanol–water partition coefficient (Wildman–Crippen LogP) is 3.59. The van der Waals surface area contributed by atoms with Gasteiger partial charge in [-0.25, -0.2) is 24.9 Å². The topological polar surface area (TPSA) is 103 Å². The van der Waals surface area contributed by atoms with Gasteiger partial charge in [-0.05, 0) is 30.3 Å². The Bertz CT molecular complexity index is 568. The maximum absolute atomic E-state index is 3.78. The smallest absolute Gasteiger partial charge is 0.119 e. The lowest BCUT2D eigenvalue weighted by Crippen LogP contribution is -1.73. The summed E-state index contributed by atoms with van der Waals surface area (Å²) in [4.78, 5) is 21.8. The zero-order valence-corrected chi connectivity index (χ0v) is 16.3. The third kappa shape index (κ3) is 18.3. The van der Waals surface area contributed by atoms with E-state index in [-0.39, 0.29) is 0 Å². The normalized spacial score (nSPS) is 8.00. The Morgan fingerprint density at radius 3 is 0.733 bits per heavy atom. The van der Waals surface area contributed by atoms with Crippen LogP contribution in [0.4, 0.5) is 0 Å². The van der Waals surface area contributed by atoms with Gasteiger partial charge in [-0.2, -0.15) is 10.2 Å². The van der Waals surface area contributed by atoms with Crippen LogP contribution in [0, 0.1) is 0 Å². The fraction of sp³-hybridized carbons (Fsp3) is 0. The second-order valence-electron chi connectivity index (χ2n) is 4.79. The van der Waals surface area contributed by atoms with Gasteiger partial charge in [0.15, 0.2) is 0 Å². The molecular formula is C22H22N8. The third-order valence-electron chi connectivity index (χ3n) is 2.59. The van der Waals surface area contributed by atoms with Gasteiger partial charge in [0.2, 0.25) is 0 Å². The molecule has 0 amide bonds. The molecule has 0 spiro atoms. The van der Waals surface area contributed by atoms with Crippen molar-refractivity contribution in [2.75, 3.05) is 0 Å². The number of benzene rings is 1. The summed E-state index contributed by atoms with van der Waals surface area (Å²) in [6, 6.07) is 23.1. The molecule has 150 valence electrons. The largest absolute Gasteiger partial charge is 0.265 e. The van der Waals surface area contributed by atoms with Gasteiger partial charge >= 0.3 is 0 Å². The number of aromatic nitrogens is 8. The summed E-state index contributed by atoms with van der Waals surface area (Å²) >= 11 is 0. The van der Waals surface area contributed by atoms with Gasteiger partial charge in [0.1, 0.15) is 25.3 Å². The van der Waals surface area contributed by atoms with Gasteiger partial charge in [0, 0.05) is 37.2 Å². The van der Waals surface area contributed by atoms with Crippen LogP contribution in [-0.2, 0) is 0 Å². The van der Waals surface area contributed by atoms with Gasteiger partial charge < -0.3 is 0 Å². The van der Waals surface area contributed by atoms with Gasteiger partial charge in [-0.15, -0.1) is 0 Å². The second kappa shape index (κ2) is 20.8. The summed E-state index contributed by atoms with van der Waals surface area (Å²) < 4.78 is 0.